The maximum atomic E-state index is 11.6. The number of ketones is 1. The Bertz CT molecular complexity index is 568. The summed E-state index contributed by atoms with van der Waals surface area (Å²) in [5.74, 6) is -0.214. The van der Waals surface area contributed by atoms with Gasteiger partial charge in [0.05, 0.1) is 10.9 Å². The van der Waals surface area contributed by atoms with Crippen LogP contribution in [0.2, 0.25) is 0 Å². The SMILES string of the molecule is O=C(/C=C/c1ccc([N+](=O)[O-])o1)c1cccs1. The van der Waals surface area contributed by atoms with Gasteiger partial charge in [0.15, 0.2) is 5.78 Å². The van der Waals surface area contributed by atoms with Crippen molar-refractivity contribution in [1.82, 2.24) is 0 Å². The second-order valence-corrected chi connectivity index (χ2v) is 4.06. The van der Waals surface area contributed by atoms with Crippen molar-refractivity contribution in [2.24, 2.45) is 0 Å². The van der Waals surface area contributed by atoms with Gasteiger partial charge in [-0.3, -0.25) is 14.9 Å². The summed E-state index contributed by atoms with van der Waals surface area (Å²) < 4.78 is 4.88. The lowest BCUT2D eigenvalue weighted by Crippen LogP contribution is -1.88. The van der Waals surface area contributed by atoms with Gasteiger partial charge >= 0.3 is 5.88 Å². The van der Waals surface area contributed by atoms with Crippen LogP contribution in [0.15, 0.2) is 40.1 Å². The fourth-order valence-corrected chi connectivity index (χ4v) is 1.83. The first-order valence-electron chi connectivity index (χ1n) is 4.67. The molecule has 0 fully saturated rings. The number of hydrogen-bond acceptors (Lipinski definition) is 5. The maximum absolute atomic E-state index is 11.6. The second-order valence-electron chi connectivity index (χ2n) is 3.11. The van der Waals surface area contributed by atoms with Gasteiger partial charge in [0, 0.05) is 0 Å². The predicted octanol–water partition coefficient (Wildman–Crippen LogP) is 3.15. The minimum absolute atomic E-state index is 0.154. The molecule has 0 aliphatic heterocycles. The number of rotatable bonds is 4. The first kappa shape index (κ1) is 11.3. The first-order chi connectivity index (χ1) is 8.16. The van der Waals surface area contributed by atoms with E-state index in [1.165, 1.54) is 35.6 Å². The van der Waals surface area contributed by atoms with Crippen LogP contribution in [0.1, 0.15) is 15.4 Å². The van der Waals surface area contributed by atoms with Gasteiger partial charge < -0.3 is 4.42 Å². The Morgan fingerprint density at radius 1 is 1.41 bits per heavy atom. The molecule has 2 aromatic rings. The van der Waals surface area contributed by atoms with Gasteiger partial charge in [-0.2, -0.15) is 0 Å². The molecule has 0 bridgehead atoms. The number of carbonyl (C=O) groups excluding carboxylic acids is 1. The highest BCUT2D eigenvalue weighted by atomic mass is 32.1. The van der Waals surface area contributed by atoms with Gasteiger partial charge in [-0.1, -0.05) is 6.07 Å². The monoisotopic (exact) mass is 249 g/mol. The fraction of sp³-hybridized carbons (Fsp3) is 0. The molecule has 5 nitrogen and oxygen atoms in total. The van der Waals surface area contributed by atoms with Crippen LogP contribution in [0.3, 0.4) is 0 Å². The van der Waals surface area contributed by atoms with E-state index in [2.05, 4.69) is 0 Å². The molecule has 0 saturated carbocycles. The van der Waals surface area contributed by atoms with E-state index in [-0.39, 0.29) is 17.4 Å². The van der Waals surface area contributed by atoms with Crippen LogP contribution in [0.4, 0.5) is 5.88 Å². The number of thiophene rings is 1. The van der Waals surface area contributed by atoms with Crippen molar-refractivity contribution in [3.63, 3.8) is 0 Å². The highest BCUT2D eigenvalue weighted by Gasteiger charge is 2.10. The van der Waals surface area contributed by atoms with Gasteiger partial charge in [0.2, 0.25) is 0 Å². The first-order valence-corrected chi connectivity index (χ1v) is 5.55. The molecule has 0 N–H and O–H groups in total. The summed E-state index contributed by atoms with van der Waals surface area (Å²) in [7, 11) is 0. The minimum Gasteiger partial charge on any atom is -0.401 e. The molecule has 2 rings (SSSR count). The van der Waals surface area contributed by atoms with Crippen LogP contribution in [-0.4, -0.2) is 10.7 Å². The fourth-order valence-electron chi connectivity index (χ4n) is 1.19. The van der Waals surface area contributed by atoms with Crippen LogP contribution in [0, 0.1) is 10.1 Å². The Hall–Kier alpha value is -2.21. The molecule has 0 saturated heterocycles. The Morgan fingerprint density at radius 2 is 2.24 bits per heavy atom. The average molecular weight is 249 g/mol. The number of nitrogens with zero attached hydrogens (tertiary/aromatic N) is 1. The zero-order chi connectivity index (χ0) is 12.3. The van der Waals surface area contributed by atoms with E-state index < -0.39 is 4.92 Å². The smallest absolute Gasteiger partial charge is 0.401 e. The van der Waals surface area contributed by atoms with Crippen LogP contribution in [-0.2, 0) is 0 Å². The third-order valence-electron chi connectivity index (χ3n) is 1.96. The van der Waals surface area contributed by atoms with E-state index in [1.54, 1.807) is 17.5 Å². The lowest BCUT2D eigenvalue weighted by Gasteiger charge is -1.87. The molecule has 86 valence electrons. The standard InChI is InChI=1S/C11H7NO4S/c13-9(10-2-1-7-17-10)5-3-8-4-6-11(16-8)12(14)15/h1-7H/b5-3+. The van der Waals surface area contributed by atoms with Crippen molar-refractivity contribution in [2.75, 3.05) is 0 Å². The van der Waals surface area contributed by atoms with E-state index in [9.17, 15) is 14.9 Å². The number of carbonyl (C=O) groups is 1. The maximum Gasteiger partial charge on any atom is 0.433 e. The predicted molar refractivity (Wildman–Crippen MR) is 63.0 cm³/mol. The van der Waals surface area contributed by atoms with Crippen molar-refractivity contribution in [3.8, 4) is 0 Å². The summed E-state index contributed by atoms with van der Waals surface area (Å²) in [6.45, 7) is 0. The molecule has 0 aliphatic rings. The molecular formula is C11H7NO4S. The molecular weight excluding hydrogens is 242 g/mol. The number of allylic oxidation sites excluding steroid dienone is 1. The highest BCUT2D eigenvalue weighted by Crippen LogP contribution is 2.17. The van der Waals surface area contributed by atoms with Crippen molar-refractivity contribution in [1.29, 1.82) is 0 Å². The van der Waals surface area contributed by atoms with Gasteiger partial charge in [-0.25, -0.2) is 0 Å². The van der Waals surface area contributed by atoms with Crippen molar-refractivity contribution >= 4 is 29.1 Å². The Balaban J connectivity index is 2.10. The number of furan rings is 1. The van der Waals surface area contributed by atoms with Crippen LogP contribution in [0.5, 0.6) is 0 Å². The topological polar surface area (TPSA) is 73.3 Å². The lowest BCUT2D eigenvalue weighted by molar-refractivity contribution is -0.402. The van der Waals surface area contributed by atoms with E-state index in [0.717, 1.165) is 0 Å². The number of nitro groups is 1. The van der Waals surface area contributed by atoms with E-state index in [0.29, 0.717) is 4.88 Å². The third kappa shape index (κ3) is 2.67. The van der Waals surface area contributed by atoms with Crippen molar-refractivity contribution < 1.29 is 14.1 Å². The Morgan fingerprint density at radius 3 is 2.82 bits per heavy atom. The average Bonchev–Trinajstić information content (AvgIpc) is 2.97. The van der Waals surface area contributed by atoms with E-state index in [4.69, 9.17) is 4.42 Å². The summed E-state index contributed by atoms with van der Waals surface area (Å²) in [6, 6.07) is 6.18. The normalized spacial score (nSPS) is 10.8. The Labute approximate surface area is 100 Å². The molecule has 0 aromatic carbocycles. The van der Waals surface area contributed by atoms with Crippen molar-refractivity contribution in [3.05, 3.63) is 56.5 Å². The summed E-state index contributed by atoms with van der Waals surface area (Å²) in [4.78, 5) is 21.9. The summed E-state index contributed by atoms with van der Waals surface area (Å²) in [6.07, 6.45) is 2.74. The molecule has 0 atom stereocenters. The van der Waals surface area contributed by atoms with Gasteiger partial charge in [-0.15, -0.1) is 11.3 Å². The molecule has 0 amide bonds. The van der Waals surface area contributed by atoms with E-state index in [1.807, 2.05) is 0 Å². The minimum atomic E-state index is -0.627. The summed E-state index contributed by atoms with van der Waals surface area (Å²) in [5.41, 5.74) is 0. The molecule has 0 unspecified atom stereocenters. The quantitative estimate of drug-likeness (QED) is 0.361. The molecule has 2 heterocycles. The van der Waals surface area contributed by atoms with Crippen LogP contribution >= 0.6 is 11.3 Å². The summed E-state index contributed by atoms with van der Waals surface area (Å²) in [5, 5.41) is 12.2. The molecule has 6 heteroatoms. The van der Waals surface area contributed by atoms with Crippen molar-refractivity contribution in [2.45, 2.75) is 0 Å². The van der Waals surface area contributed by atoms with Gasteiger partial charge in [0.25, 0.3) is 0 Å². The molecule has 2 aromatic heterocycles. The number of hydrogen-bond donors (Lipinski definition) is 0. The van der Waals surface area contributed by atoms with Gasteiger partial charge in [0.1, 0.15) is 10.7 Å². The van der Waals surface area contributed by atoms with Gasteiger partial charge in [-0.05, 0) is 29.7 Å². The Kier molecular flexibility index (Phi) is 3.15. The molecule has 0 aliphatic carbocycles. The third-order valence-corrected chi connectivity index (χ3v) is 2.84. The second kappa shape index (κ2) is 4.75. The summed E-state index contributed by atoms with van der Waals surface area (Å²) >= 11 is 1.34. The van der Waals surface area contributed by atoms with Crippen LogP contribution in [0.25, 0.3) is 6.08 Å². The van der Waals surface area contributed by atoms with Crippen LogP contribution < -0.4 is 0 Å². The lowest BCUT2D eigenvalue weighted by atomic mass is 10.3. The zero-order valence-electron chi connectivity index (χ0n) is 8.53. The largest absolute Gasteiger partial charge is 0.433 e. The molecule has 0 spiro atoms. The molecule has 0 radical (unpaired) electrons. The highest BCUT2D eigenvalue weighted by molar-refractivity contribution is 7.12. The molecule has 17 heavy (non-hydrogen) atoms. The van der Waals surface area contributed by atoms with E-state index >= 15 is 0 Å². The zero-order valence-corrected chi connectivity index (χ0v) is 9.35.